The van der Waals surface area contributed by atoms with Crippen LogP contribution in [0.25, 0.3) is 0 Å². The van der Waals surface area contributed by atoms with Gasteiger partial charge in [0.1, 0.15) is 17.2 Å². The van der Waals surface area contributed by atoms with Crippen molar-refractivity contribution in [2.24, 2.45) is 0 Å². The minimum absolute atomic E-state index is 0.323. The van der Waals surface area contributed by atoms with E-state index in [1.807, 2.05) is 26.0 Å². The van der Waals surface area contributed by atoms with Crippen LogP contribution in [-0.4, -0.2) is 12.2 Å². The molecule has 2 nitrogen and oxygen atoms in total. The van der Waals surface area contributed by atoms with E-state index in [0.29, 0.717) is 22.4 Å². The second-order valence-corrected chi connectivity index (χ2v) is 5.70. The Hall–Kier alpha value is -1.87. The third kappa shape index (κ3) is 2.79. The number of rotatable bonds is 3. The van der Waals surface area contributed by atoms with Gasteiger partial charge in [0.25, 0.3) is 0 Å². The number of hydrogen-bond donors (Lipinski definition) is 1. The Morgan fingerprint density at radius 2 is 1.71 bits per heavy atom. The van der Waals surface area contributed by atoms with Gasteiger partial charge in [0.2, 0.25) is 0 Å². The smallest absolute Gasteiger partial charge is 0.126 e. The summed E-state index contributed by atoms with van der Waals surface area (Å²) >= 11 is 0. The van der Waals surface area contributed by atoms with Crippen molar-refractivity contribution in [3.05, 3.63) is 64.0 Å². The highest BCUT2D eigenvalue weighted by atomic mass is 19.1. The SMILES string of the molecule is COc1cc(C)cc(C)c1C(C)(O)c1ccc(C)c(F)c1. The van der Waals surface area contributed by atoms with Crippen molar-refractivity contribution in [3.63, 3.8) is 0 Å². The van der Waals surface area contributed by atoms with Crippen molar-refractivity contribution in [3.8, 4) is 5.75 Å². The highest BCUT2D eigenvalue weighted by Gasteiger charge is 2.31. The zero-order valence-corrected chi connectivity index (χ0v) is 13.1. The molecule has 3 heteroatoms. The molecule has 21 heavy (non-hydrogen) atoms. The fraction of sp³-hybridized carbons (Fsp3) is 0.333. The maximum absolute atomic E-state index is 13.8. The number of aryl methyl sites for hydroxylation is 3. The van der Waals surface area contributed by atoms with Gasteiger partial charge in [-0.15, -0.1) is 0 Å². The third-order valence-corrected chi connectivity index (χ3v) is 3.88. The molecule has 1 unspecified atom stereocenters. The van der Waals surface area contributed by atoms with Crippen molar-refractivity contribution in [2.75, 3.05) is 7.11 Å². The predicted octanol–water partition coefficient (Wildman–Crippen LogP) is 4.02. The van der Waals surface area contributed by atoms with Crippen molar-refractivity contribution >= 4 is 0 Å². The number of halogens is 1. The first-order valence-corrected chi connectivity index (χ1v) is 6.92. The summed E-state index contributed by atoms with van der Waals surface area (Å²) in [5, 5.41) is 11.0. The molecule has 2 rings (SSSR count). The van der Waals surface area contributed by atoms with Gasteiger partial charge in [0, 0.05) is 5.56 Å². The molecule has 0 aliphatic carbocycles. The van der Waals surface area contributed by atoms with Crippen LogP contribution in [0.2, 0.25) is 0 Å². The van der Waals surface area contributed by atoms with Gasteiger partial charge in [-0.2, -0.15) is 0 Å². The minimum Gasteiger partial charge on any atom is -0.496 e. The molecule has 0 saturated carbocycles. The summed E-state index contributed by atoms with van der Waals surface area (Å²) < 4.78 is 19.2. The molecule has 112 valence electrons. The normalized spacial score (nSPS) is 13.9. The first-order chi connectivity index (χ1) is 9.77. The molecule has 1 N–H and O–H groups in total. The van der Waals surface area contributed by atoms with E-state index in [0.717, 1.165) is 11.1 Å². The summed E-state index contributed by atoms with van der Waals surface area (Å²) in [4.78, 5) is 0. The van der Waals surface area contributed by atoms with Crippen molar-refractivity contribution in [1.82, 2.24) is 0 Å². The van der Waals surface area contributed by atoms with Gasteiger partial charge >= 0.3 is 0 Å². The molecule has 0 aromatic heterocycles. The molecule has 0 saturated heterocycles. The summed E-state index contributed by atoms with van der Waals surface area (Å²) in [5.74, 6) is 0.287. The Balaban J connectivity index is 2.65. The second kappa shape index (κ2) is 5.49. The largest absolute Gasteiger partial charge is 0.496 e. The maximum Gasteiger partial charge on any atom is 0.126 e. The average molecular weight is 288 g/mol. The molecular weight excluding hydrogens is 267 g/mol. The first kappa shape index (κ1) is 15.5. The van der Waals surface area contributed by atoms with E-state index < -0.39 is 5.60 Å². The molecule has 0 aliphatic heterocycles. The molecule has 0 fully saturated rings. The number of methoxy groups -OCH3 is 1. The van der Waals surface area contributed by atoms with Crippen LogP contribution in [0, 0.1) is 26.6 Å². The van der Waals surface area contributed by atoms with Crippen molar-refractivity contribution < 1.29 is 14.2 Å². The topological polar surface area (TPSA) is 29.5 Å². The summed E-state index contributed by atoms with van der Waals surface area (Å²) in [5.41, 5.74) is 2.38. The first-order valence-electron chi connectivity index (χ1n) is 6.92. The number of aliphatic hydroxyl groups is 1. The fourth-order valence-corrected chi connectivity index (χ4v) is 2.75. The number of hydrogen-bond acceptors (Lipinski definition) is 2. The van der Waals surface area contributed by atoms with Crippen LogP contribution in [0.5, 0.6) is 5.75 Å². The van der Waals surface area contributed by atoms with Gasteiger partial charge in [-0.05, 0) is 62.1 Å². The van der Waals surface area contributed by atoms with Crippen LogP contribution in [0.3, 0.4) is 0 Å². The third-order valence-electron chi connectivity index (χ3n) is 3.88. The monoisotopic (exact) mass is 288 g/mol. The van der Waals surface area contributed by atoms with E-state index in [9.17, 15) is 9.50 Å². The molecule has 0 aliphatic rings. The summed E-state index contributed by atoms with van der Waals surface area (Å²) in [6.45, 7) is 7.26. The molecule has 1 atom stereocenters. The lowest BCUT2D eigenvalue weighted by Gasteiger charge is -2.28. The zero-order valence-electron chi connectivity index (χ0n) is 13.1. The van der Waals surface area contributed by atoms with Crippen LogP contribution >= 0.6 is 0 Å². The zero-order chi connectivity index (χ0) is 15.8. The Bertz CT molecular complexity index is 675. The van der Waals surface area contributed by atoms with Crippen LogP contribution in [0.4, 0.5) is 4.39 Å². The number of ether oxygens (including phenoxy) is 1. The van der Waals surface area contributed by atoms with Crippen LogP contribution < -0.4 is 4.74 Å². The second-order valence-electron chi connectivity index (χ2n) is 5.70. The fourth-order valence-electron chi connectivity index (χ4n) is 2.75. The van der Waals surface area contributed by atoms with E-state index in [1.54, 1.807) is 33.1 Å². The molecule has 0 amide bonds. The minimum atomic E-state index is -1.32. The summed E-state index contributed by atoms with van der Waals surface area (Å²) in [7, 11) is 1.57. The van der Waals surface area contributed by atoms with Gasteiger partial charge in [0.05, 0.1) is 7.11 Å². The Labute approximate surface area is 125 Å². The van der Waals surface area contributed by atoms with E-state index in [-0.39, 0.29) is 5.82 Å². The maximum atomic E-state index is 13.8. The lowest BCUT2D eigenvalue weighted by atomic mass is 9.84. The van der Waals surface area contributed by atoms with Crippen LogP contribution in [-0.2, 0) is 5.60 Å². The van der Waals surface area contributed by atoms with E-state index in [4.69, 9.17) is 4.74 Å². The Kier molecular flexibility index (Phi) is 4.06. The Morgan fingerprint density at radius 3 is 2.29 bits per heavy atom. The molecule has 0 spiro atoms. The molecule has 0 radical (unpaired) electrons. The highest BCUT2D eigenvalue weighted by Crippen LogP contribution is 2.38. The quantitative estimate of drug-likeness (QED) is 0.924. The van der Waals surface area contributed by atoms with Gasteiger partial charge in [-0.3, -0.25) is 0 Å². The predicted molar refractivity (Wildman–Crippen MR) is 82.3 cm³/mol. The van der Waals surface area contributed by atoms with Crippen molar-refractivity contribution in [2.45, 2.75) is 33.3 Å². The summed E-state index contributed by atoms with van der Waals surface area (Å²) in [6.07, 6.45) is 0. The molecule has 2 aromatic rings. The molecular formula is C18H21FO2. The lowest BCUT2D eigenvalue weighted by molar-refractivity contribution is 0.0978. The van der Waals surface area contributed by atoms with Gasteiger partial charge in [0.15, 0.2) is 0 Å². The molecule has 0 heterocycles. The average Bonchev–Trinajstić information content (AvgIpc) is 2.40. The van der Waals surface area contributed by atoms with Gasteiger partial charge in [-0.1, -0.05) is 18.2 Å². The van der Waals surface area contributed by atoms with Crippen LogP contribution in [0.15, 0.2) is 30.3 Å². The van der Waals surface area contributed by atoms with E-state index in [1.165, 1.54) is 6.07 Å². The Morgan fingerprint density at radius 1 is 1.05 bits per heavy atom. The summed E-state index contributed by atoms with van der Waals surface area (Å²) in [6, 6.07) is 8.67. The van der Waals surface area contributed by atoms with E-state index in [2.05, 4.69) is 0 Å². The molecule has 0 bridgehead atoms. The standard InChI is InChI=1S/C18H21FO2/c1-11-8-13(3)17(16(9-11)21-5)18(4,20)14-7-6-12(2)15(19)10-14/h6-10,20H,1-5H3. The highest BCUT2D eigenvalue weighted by molar-refractivity contribution is 5.50. The van der Waals surface area contributed by atoms with Crippen molar-refractivity contribution in [1.29, 1.82) is 0 Å². The van der Waals surface area contributed by atoms with E-state index >= 15 is 0 Å². The van der Waals surface area contributed by atoms with Gasteiger partial charge in [-0.25, -0.2) is 4.39 Å². The molecule has 2 aromatic carbocycles. The van der Waals surface area contributed by atoms with Gasteiger partial charge < -0.3 is 9.84 Å². The number of benzene rings is 2. The van der Waals surface area contributed by atoms with Crippen LogP contribution in [0.1, 0.15) is 34.7 Å². The lowest BCUT2D eigenvalue weighted by Crippen LogP contribution is -2.25.